The molecule has 0 spiro atoms. The van der Waals surface area contributed by atoms with E-state index in [4.69, 9.17) is 31.6 Å². The van der Waals surface area contributed by atoms with Gasteiger partial charge in [-0.2, -0.15) is 24.5 Å². The summed E-state index contributed by atoms with van der Waals surface area (Å²) in [5.74, 6) is 0. The monoisotopic (exact) mass is 404 g/mol. The maximum atomic E-state index is 11.5. The third kappa shape index (κ3) is 5.58. The van der Waals surface area contributed by atoms with Gasteiger partial charge in [0.1, 0.15) is 12.8 Å². The van der Waals surface area contributed by atoms with Crippen molar-refractivity contribution in [2.45, 2.75) is 32.1 Å². The molecule has 0 aromatic carbocycles. The highest BCUT2D eigenvalue weighted by Gasteiger charge is 2.58. The van der Waals surface area contributed by atoms with Gasteiger partial charge in [0.2, 0.25) is 0 Å². The molecule has 0 bridgehead atoms. The molecule has 2 atom stereocenters. The summed E-state index contributed by atoms with van der Waals surface area (Å²) in [6.45, 7) is 1.31. The Hall–Kier alpha value is -0.360. The number of aryl methyl sites for hydroxylation is 1. The average Bonchev–Trinajstić information content (AvgIpc) is 2.87. The van der Waals surface area contributed by atoms with Crippen LogP contribution in [0.4, 0.5) is 0 Å². The molecule has 0 amide bonds. The normalized spacial score (nSPS) is 22.1. The van der Waals surface area contributed by atoms with Crippen LogP contribution in [0, 0.1) is 11.7 Å². The molecule has 2 heterocycles. The van der Waals surface area contributed by atoms with Gasteiger partial charge >= 0.3 is 16.3 Å². The van der Waals surface area contributed by atoms with Crippen LogP contribution in [-0.4, -0.2) is 46.7 Å². The van der Waals surface area contributed by atoms with Gasteiger partial charge in [0.15, 0.2) is 4.77 Å². The molecule has 2 rings (SSSR count). The zero-order valence-corrected chi connectivity index (χ0v) is 15.1. The molecule has 1 aliphatic heterocycles. The molecule has 1 aliphatic rings. The Bertz CT molecular complexity index is 701. The predicted molar refractivity (Wildman–Crippen MR) is 85.7 cm³/mol. The van der Waals surface area contributed by atoms with Crippen LogP contribution in [-0.2, 0) is 13.6 Å². The fourth-order valence-corrected chi connectivity index (χ4v) is 4.11. The first kappa shape index (κ1) is 20.0. The van der Waals surface area contributed by atoms with Crippen molar-refractivity contribution in [2.24, 2.45) is 0 Å². The molecule has 2 unspecified atom stereocenters. The van der Waals surface area contributed by atoms with E-state index < -0.39 is 28.7 Å². The van der Waals surface area contributed by atoms with Crippen molar-refractivity contribution in [3.8, 4) is 0 Å². The third-order valence-corrected chi connectivity index (χ3v) is 5.71. The van der Waals surface area contributed by atoms with E-state index in [2.05, 4.69) is 13.8 Å². The lowest BCUT2D eigenvalue weighted by Gasteiger charge is -2.17. The number of rotatable bonds is 6. The SMILES string of the molecule is Cc1cn(C2CCC(CO[P+](O)(O)O[P+](O)(O)O)O2)c(=S)[nH]c1=O. The first-order valence-electron chi connectivity index (χ1n) is 6.72. The third-order valence-electron chi connectivity index (χ3n) is 3.19. The minimum atomic E-state index is -4.84. The number of hydrogen-bond donors (Lipinski definition) is 6. The lowest BCUT2D eigenvalue weighted by Crippen LogP contribution is -2.21. The van der Waals surface area contributed by atoms with Crippen LogP contribution in [0.2, 0.25) is 0 Å². The summed E-state index contributed by atoms with van der Waals surface area (Å²) >= 11 is 5.08. The fourth-order valence-electron chi connectivity index (χ4n) is 2.16. The minimum absolute atomic E-state index is 0.196. The van der Waals surface area contributed by atoms with Gasteiger partial charge in [-0.15, -0.1) is 4.52 Å². The van der Waals surface area contributed by atoms with Crippen LogP contribution in [0.15, 0.2) is 11.0 Å². The van der Waals surface area contributed by atoms with Crippen LogP contribution in [0.1, 0.15) is 24.6 Å². The highest BCUT2D eigenvalue weighted by Crippen LogP contribution is 2.67. The van der Waals surface area contributed by atoms with Crippen molar-refractivity contribution in [2.75, 3.05) is 6.61 Å². The molecule has 1 aromatic rings. The van der Waals surface area contributed by atoms with E-state index >= 15 is 0 Å². The van der Waals surface area contributed by atoms with Gasteiger partial charge in [0.05, 0.1) is 10.4 Å². The van der Waals surface area contributed by atoms with Crippen molar-refractivity contribution >= 4 is 28.6 Å². The van der Waals surface area contributed by atoms with Gasteiger partial charge in [-0.05, 0) is 32.0 Å². The van der Waals surface area contributed by atoms with Gasteiger partial charge in [-0.1, -0.05) is 0 Å². The lowest BCUT2D eigenvalue weighted by atomic mass is 10.2. The molecule has 11 nitrogen and oxygen atoms in total. The number of hydrogen-bond acceptors (Lipinski definition) is 10. The molecule has 0 aliphatic carbocycles. The second-order valence-electron chi connectivity index (χ2n) is 5.15. The highest BCUT2D eigenvalue weighted by molar-refractivity contribution is 7.71. The van der Waals surface area contributed by atoms with Gasteiger partial charge in [0, 0.05) is 11.8 Å². The zero-order chi connectivity index (χ0) is 18.1. The van der Waals surface area contributed by atoms with Crippen molar-refractivity contribution in [3.05, 3.63) is 26.9 Å². The van der Waals surface area contributed by atoms with Gasteiger partial charge < -0.3 is 4.74 Å². The van der Waals surface area contributed by atoms with Crippen molar-refractivity contribution < 1.29 is 38.0 Å². The number of nitrogens with zero attached hydrogens (tertiary/aromatic N) is 1. The summed E-state index contributed by atoms with van der Waals surface area (Å²) in [5, 5.41) is 0. The molecule has 1 fully saturated rings. The van der Waals surface area contributed by atoms with Crippen LogP contribution in [0.25, 0.3) is 0 Å². The summed E-state index contributed by atoms with van der Waals surface area (Å²) in [5.41, 5.74) is 0.176. The summed E-state index contributed by atoms with van der Waals surface area (Å²) in [4.78, 5) is 58.7. The molecule has 1 aromatic heterocycles. The van der Waals surface area contributed by atoms with Gasteiger partial charge in [-0.3, -0.25) is 14.3 Å². The average molecular weight is 404 g/mol. The van der Waals surface area contributed by atoms with Crippen molar-refractivity contribution in [1.82, 2.24) is 9.55 Å². The Kier molecular flexibility index (Phi) is 6.22. The summed E-state index contributed by atoms with van der Waals surface area (Å²) in [7, 11) is -9.43. The van der Waals surface area contributed by atoms with E-state index in [9.17, 15) is 14.6 Å². The molecular weight excluding hydrogens is 386 g/mol. The maximum Gasteiger partial charge on any atom is 0.620 e. The summed E-state index contributed by atoms with van der Waals surface area (Å²) in [6, 6.07) is 0. The summed E-state index contributed by atoms with van der Waals surface area (Å²) < 4.78 is 16.0. The Balaban J connectivity index is 1.95. The number of nitrogens with one attached hydrogen (secondary N) is 1. The van der Waals surface area contributed by atoms with E-state index in [0.717, 1.165) is 0 Å². The molecule has 136 valence electrons. The quantitative estimate of drug-likeness (QED) is 0.286. The first-order chi connectivity index (χ1) is 11.0. The molecular formula is C10H18N2O9P2S+2. The lowest BCUT2D eigenvalue weighted by molar-refractivity contribution is -0.0266. The van der Waals surface area contributed by atoms with Crippen LogP contribution in [0.5, 0.6) is 0 Å². The van der Waals surface area contributed by atoms with Gasteiger partial charge in [0.25, 0.3) is 5.56 Å². The Labute approximate surface area is 142 Å². The molecule has 6 N–H and O–H groups in total. The van der Waals surface area contributed by atoms with Crippen LogP contribution in [0.3, 0.4) is 0 Å². The summed E-state index contributed by atoms with van der Waals surface area (Å²) in [6.07, 6.45) is 1.58. The highest BCUT2D eigenvalue weighted by atomic mass is 32.1. The second kappa shape index (κ2) is 7.48. The van der Waals surface area contributed by atoms with E-state index in [1.807, 2.05) is 0 Å². The molecule has 24 heavy (non-hydrogen) atoms. The van der Waals surface area contributed by atoms with Crippen LogP contribution >= 0.6 is 28.6 Å². The molecule has 0 radical (unpaired) electrons. The van der Waals surface area contributed by atoms with E-state index in [1.54, 1.807) is 17.7 Å². The largest absolute Gasteiger partial charge is 0.620 e. The minimum Gasteiger partial charge on any atom is -0.352 e. The molecule has 0 saturated carbocycles. The molecule has 1 saturated heterocycles. The van der Waals surface area contributed by atoms with Crippen molar-refractivity contribution in [3.63, 3.8) is 0 Å². The number of aromatic nitrogens is 2. The number of ether oxygens (including phenoxy) is 1. The van der Waals surface area contributed by atoms with E-state index in [0.29, 0.717) is 18.4 Å². The predicted octanol–water partition coefficient (Wildman–Crippen LogP) is 0.242. The second-order valence-corrected chi connectivity index (χ2v) is 8.46. The van der Waals surface area contributed by atoms with E-state index in [1.165, 1.54) is 0 Å². The Morgan fingerprint density at radius 1 is 1.38 bits per heavy atom. The standard InChI is InChI=1S/C10H17N2O9P2S/c1-6-4-12(10(24)11-9(6)13)8-3-2-7(20-8)5-19-23(17,18)21-22(14,15)16/h4,7-8,14-18H,2-3,5H2,1H3/q+1/p+1. The Morgan fingerprint density at radius 3 is 2.67 bits per heavy atom. The smallest absolute Gasteiger partial charge is 0.352 e. The van der Waals surface area contributed by atoms with Gasteiger partial charge in [-0.25, -0.2) is 0 Å². The fraction of sp³-hybridized carbons (Fsp3) is 0.600. The maximum absolute atomic E-state index is 11.5. The Morgan fingerprint density at radius 2 is 2.04 bits per heavy atom. The first-order valence-corrected chi connectivity index (χ1v) is 10.2. The zero-order valence-electron chi connectivity index (χ0n) is 12.5. The topological polar surface area (TPSA) is 167 Å². The number of aromatic amines is 1. The van der Waals surface area contributed by atoms with Crippen LogP contribution < -0.4 is 5.56 Å². The number of H-pyrrole nitrogens is 1. The molecule has 14 heteroatoms. The van der Waals surface area contributed by atoms with Crippen molar-refractivity contribution in [1.29, 1.82) is 0 Å². The van der Waals surface area contributed by atoms with E-state index in [-0.39, 0.29) is 16.9 Å².